The summed E-state index contributed by atoms with van der Waals surface area (Å²) in [6, 6.07) is 11.3. The molecule has 1 fully saturated rings. The molecule has 1 aliphatic rings. The molecule has 19 heavy (non-hydrogen) atoms. The highest BCUT2D eigenvalue weighted by molar-refractivity contribution is 7.80. The molecule has 0 heterocycles. The topological polar surface area (TPSA) is 29.3 Å². The van der Waals surface area contributed by atoms with E-state index in [1.807, 2.05) is 0 Å². The molecule has 2 rings (SSSR count). The highest BCUT2D eigenvalue weighted by atomic mass is 32.1. The maximum Gasteiger partial charge on any atom is 0.0745 e. The Morgan fingerprint density at radius 3 is 2.42 bits per heavy atom. The SMILES string of the molecule is CC1CCC(N(CCC(N)=S)c2ccccc2)CC1. The second kappa shape index (κ2) is 6.90. The van der Waals surface area contributed by atoms with E-state index in [2.05, 4.69) is 42.2 Å². The van der Waals surface area contributed by atoms with Crippen molar-refractivity contribution in [2.45, 2.75) is 45.1 Å². The van der Waals surface area contributed by atoms with Crippen molar-refractivity contribution in [3.63, 3.8) is 0 Å². The van der Waals surface area contributed by atoms with Gasteiger partial charge in [0.05, 0.1) is 4.99 Å². The fraction of sp³-hybridized carbons (Fsp3) is 0.562. The number of nitrogens with zero attached hydrogens (tertiary/aromatic N) is 1. The van der Waals surface area contributed by atoms with E-state index in [-0.39, 0.29) is 0 Å². The number of anilines is 1. The average Bonchev–Trinajstić information content (AvgIpc) is 2.42. The largest absolute Gasteiger partial charge is 0.393 e. The zero-order chi connectivity index (χ0) is 13.7. The van der Waals surface area contributed by atoms with Crippen LogP contribution < -0.4 is 10.6 Å². The van der Waals surface area contributed by atoms with Gasteiger partial charge < -0.3 is 10.6 Å². The van der Waals surface area contributed by atoms with Gasteiger partial charge in [-0.2, -0.15) is 0 Å². The first-order chi connectivity index (χ1) is 9.16. The van der Waals surface area contributed by atoms with Crippen LogP contribution in [0.5, 0.6) is 0 Å². The maximum atomic E-state index is 5.68. The fourth-order valence-electron chi connectivity index (χ4n) is 2.93. The van der Waals surface area contributed by atoms with E-state index in [9.17, 15) is 0 Å². The fourth-order valence-corrected chi connectivity index (χ4v) is 3.02. The molecule has 0 aromatic heterocycles. The number of benzene rings is 1. The van der Waals surface area contributed by atoms with Crippen LogP contribution in [0, 0.1) is 5.92 Å². The summed E-state index contributed by atoms with van der Waals surface area (Å²) in [5.41, 5.74) is 6.98. The highest BCUT2D eigenvalue weighted by Crippen LogP contribution is 2.30. The van der Waals surface area contributed by atoms with Crippen molar-refractivity contribution >= 4 is 22.9 Å². The minimum atomic E-state index is 0.616. The normalized spacial score (nSPS) is 23.0. The van der Waals surface area contributed by atoms with Crippen molar-refractivity contribution in [2.75, 3.05) is 11.4 Å². The first-order valence-electron chi connectivity index (χ1n) is 7.27. The lowest BCUT2D eigenvalue weighted by atomic mass is 9.86. The zero-order valence-corrected chi connectivity index (χ0v) is 12.5. The van der Waals surface area contributed by atoms with Gasteiger partial charge in [0.2, 0.25) is 0 Å². The van der Waals surface area contributed by atoms with Crippen LogP contribution in [0.15, 0.2) is 30.3 Å². The van der Waals surface area contributed by atoms with E-state index in [0.29, 0.717) is 11.0 Å². The summed E-state index contributed by atoms with van der Waals surface area (Å²) in [4.78, 5) is 3.12. The molecule has 1 aromatic carbocycles. The van der Waals surface area contributed by atoms with Gasteiger partial charge in [-0.1, -0.05) is 37.3 Å². The lowest BCUT2D eigenvalue weighted by Gasteiger charge is -2.38. The lowest BCUT2D eigenvalue weighted by molar-refractivity contribution is 0.335. The third-order valence-electron chi connectivity index (χ3n) is 4.11. The van der Waals surface area contributed by atoms with E-state index in [0.717, 1.165) is 18.9 Å². The van der Waals surface area contributed by atoms with E-state index in [1.165, 1.54) is 31.4 Å². The number of nitrogens with two attached hydrogens (primary N) is 1. The second-order valence-corrected chi connectivity index (χ2v) is 6.18. The van der Waals surface area contributed by atoms with Gasteiger partial charge in [-0.3, -0.25) is 0 Å². The summed E-state index contributed by atoms with van der Waals surface area (Å²) in [6.07, 6.45) is 6.04. The summed E-state index contributed by atoms with van der Waals surface area (Å²) in [7, 11) is 0. The molecular weight excluding hydrogens is 252 g/mol. The van der Waals surface area contributed by atoms with Crippen LogP contribution >= 0.6 is 12.2 Å². The number of para-hydroxylation sites is 1. The number of thiocarbonyl (C=S) groups is 1. The van der Waals surface area contributed by atoms with Gasteiger partial charge in [0.25, 0.3) is 0 Å². The molecule has 2 nitrogen and oxygen atoms in total. The molecule has 0 radical (unpaired) electrons. The Morgan fingerprint density at radius 1 is 1.21 bits per heavy atom. The molecule has 0 amide bonds. The van der Waals surface area contributed by atoms with Crippen molar-refractivity contribution in [1.82, 2.24) is 0 Å². The summed E-state index contributed by atoms with van der Waals surface area (Å²) >= 11 is 5.04. The van der Waals surface area contributed by atoms with Crippen molar-refractivity contribution in [3.8, 4) is 0 Å². The highest BCUT2D eigenvalue weighted by Gasteiger charge is 2.24. The monoisotopic (exact) mass is 276 g/mol. The minimum absolute atomic E-state index is 0.616. The Balaban J connectivity index is 2.07. The zero-order valence-electron chi connectivity index (χ0n) is 11.7. The van der Waals surface area contributed by atoms with Crippen LogP contribution in [0.2, 0.25) is 0 Å². The molecule has 1 saturated carbocycles. The Kier molecular flexibility index (Phi) is 5.20. The summed E-state index contributed by atoms with van der Waals surface area (Å²) in [6.45, 7) is 3.30. The number of hydrogen-bond donors (Lipinski definition) is 1. The number of rotatable bonds is 5. The quantitative estimate of drug-likeness (QED) is 0.831. The van der Waals surface area contributed by atoms with Gasteiger partial charge in [-0.05, 0) is 43.7 Å². The van der Waals surface area contributed by atoms with Gasteiger partial charge in [0.15, 0.2) is 0 Å². The molecule has 0 saturated heterocycles. The Labute approximate surface area is 122 Å². The molecule has 1 aliphatic carbocycles. The molecular formula is C16H24N2S. The molecule has 104 valence electrons. The molecule has 0 unspecified atom stereocenters. The Morgan fingerprint density at radius 2 is 1.84 bits per heavy atom. The van der Waals surface area contributed by atoms with Gasteiger partial charge in [-0.25, -0.2) is 0 Å². The van der Waals surface area contributed by atoms with Crippen molar-refractivity contribution in [2.24, 2.45) is 11.7 Å². The van der Waals surface area contributed by atoms with Gasteiger partial charge >= 0.3 is 0 Å². The van der Waals surface area contributed by atoms with Crippen LogP contribution in [0.4, 0.5) is 5.69 Å². The maximum absolute atomic E-state index is 5.68. The first kappa shape index (κ1) is 14.3. The molecule has 3 heteroatoms. The van der Waals surface area contributed by atoms with Crippen molar-refractivity contribution in [3.05, 3.63) is 30.3 Å². The molecule has 0 bridgehead atoms. The third kappa shape index (κ3) is 4.20. The van der Waals surface area contributed by atoms with Gasteiger partial charge in [0, 0.05) is 24.7 Å². The molecule has 2 N–H and O–H groups in total. The molecule has 1 aromatic rings. The lowest BCUT2D eigenvalue weighted by Crippen LogP contribution is -2.39. The van der Waals surface area contributed by atoms with Gasteiger partial charge in [0.1, 0.15) is 0 Å². The van der Waals surface area contributed by atoms with E-state index in [4.69, 9.17) is 18.0 Å². The predicted octanol–water partition coefficient (Wildman–Crippen LogP) is 3.75. The molecule has 0 atom stereocenters. The van der Waals surface area contributed by atoms with E-state index >= 15 is 0 Å². The van der Waals surface area contributed by atoms with Gasteiger partial charge in [-0.15, -0.1) is 0 Å². The minimum Gasteiger partial charge on any atom is -0.393 e. The molecule has 0 aliphatic heterocycles. The smallest absolute Gasteiger partial charge is 0.0745 e. The molecule has 0 spiro atoms. The summed E-state index contributed by atoms with van der Waals surface area (Å²) in [5, 5.41) is 0. The van der Waals surface area contributed by atoms with Crippen LogP contribution in [-0.4, -0.2) is 17.6 Å². The average molecular weight is 276 g/mol. The van der Waals surface area contributed by atoms with Crippen LogP contribution in [0.25, 0.3) is 0 Å². The van der Waals surface area contributed by atoms with Crippen molar-refractivity contribution in [1.29, 1.82) is 0 Å². The standard InChI is InChI=1S/C16H24N2S/c1-13-7-9-15(10-8-13)18(12-11-16(17)19)14-5-3-2-4-6-14/h2-6,13,15H,7-12H2,1H3,(H2,17,19). The van der Waals surface area contributed by atoms with Crippen molar-refractivity contribution < 1.29 is 0 Å². The van der Waals surface area contributed by atoms with E-state index < -0.39 is 0 Å². The third-order valence-corrected chi connectivity index (χ3v) is 4.32. The van der Waals surface area contributed by atoms with Crippen LogP contribution in [0.1, 0.15) is 39.0 Å². The van der Waals surface area contributed by atoms with Crippen LogP contribution in [0.3, 0.4) is 0 Å². The summed E-state index contributed by atoms with van der Waals surface area (Å²) in [5.74, 6) is 0.879. The predicted molar refractivity (Wildman–Crippen MR) is 86.6 cm³/mol. The van der Waals surface area contributed by atoms with Crippen LogP contribution in [-0.2, 0) is 0 Å². The Bertz CT molecular complexity index is 396. The second-order valence-electron chi connectivity index (χ2n) is 5.66. The Hall–Kier alpha value is -1.09. The first-order valence-corrected chi connectivity index (χ1v) is 7.67. The summed E-state index contributed by atoms with van der Waals surface area (Å²) < 4.78 is 0. The van der Waals surface area contributed by atoms with E-state index in [1.54, 1.807) is 0 Å². The number of hydrogen-bond acceptors (Lipinski definition) is 2.